The molecule has 0 spiro atoms. The summed E-state index contributed by atoms with van der Waals surface area (Å²) in [7, 11) is 0. The summed E-state index contributed by atoms with van der Waals surface area (Å²) in [5.74, 6) is 0.285. The van der Waals surface area contributed by atoms with Crippen molar-refractivity contribution in [1.82, 2.24) is 4.90 Å². The Labute approximate surface area is 126 Å². The van der Waals surface area contributed by atoms with Crippen molar-refractivity contribution in [2.45, 2.75) is 38.5 Å². The van der Waals surface area contributed by atoms with Gasteiger partial charge in [-0.25, -0.2) is 0 Å². The fourth-order valence-electron chi connectivity index (χ4n) is 3.22. The largest absolute Gasteiger partial charge is 0.342 e. The van der Waals surface area contributed by atoms with E-state index in [1.165, 1.54) is 30.0 Å². The van der Waals surface area contributed by atoms with E-state index in [2.05, 4.69) is 35.2 Å². The highest BCUT2D eigenvalue weighted by Gasteiger charge is 2.16. The zero-order valence-corrected chi connectivity index (χ0v) is 12.6. The Morgan fingerprint density at radius 2 is 1.52 bits per heavy atom. The van der Waals surface area contributed by atoms with Gasteiger partial charge in [0.05, 0.1) is 6.42 Å². The van der Waals surface area contributed by atoms with Crippen LogP contribution in [-0.4, -0.2) is 23.9 Å². The van der Waals surface area contributed by atoms with Crippen LogP contribution in [0.3, 0.4) is 0 Å². The van der Waals surface area contributed by atoms with Crippen LogP contribution in [0.2, 0.25) is 0 Å². The molecular weight excluding hydrogens is 258 g/mol. The van der Waals surface area contributed by atoms with Crippen molar-refractivity contribution >= 4 is 16.7 Å². The standard InChI is InChI=1S/C19H23NO/c21-19(20-13-6-2-1-3-7-14-20)15-17-11-8-10-16-9-4-5-12-18(16)17/h4-5,8-12H,1-3,6-7,13-15H2. The molecule has 3 rings (SSSR count). The molecule has 1 aliphatic rings. The number of fused-ring (bicyclic) bond motifs is 1. The third-order valence-corrected chi connectivity index (χ3v) is 4.43. The van der Waals surface area contributed by atoms with E-state index in [-0.39, 0.29) is 5.91 Å². The van der Waals surface area contributed by atoms with Crippen molar-refractivity contribution in [3.63, 3.8) is 0 Å². The fourth-order valence-corrected chi connectivity index (χ4v) is 3.22. The van der Waals surface area contributed by atoms with E-state index in [1.54, 1.807) is 0 Å². The lowest BCUT2D eigenvalue weighted by molar-refractivity contribution is -0.130. The Balaban J connectivity index is 1.76. The molecule has 0 aliphatic carbocycles. The SMILES string of the molecule is O=C(Cc1cccc2ccccc12)N1CCCCCCC1. The number of hydrogen-bond acceptors (Lipinski definition) is 1. The van der Waals surface area contributed by atoms with E-state index in [1.807, 2.05) is 12.1 Å². The molecule has 2 aromatic rings. The Kier molecular flexibility index (Phi) is 4.54. The van der Waals surface area contributed by atoms with Crippen LogP contribution >= 0.6 is 0 Å². The molecule has 110 valence electrons. The second-order valence-corrected chi connectivity index (χ2v) is 5.96. The molecule has 1 amide bonds. The minimum atomic E-state index is 0.285. The quantitative estimate of drug-likeness (QED) is 0.809. The molecule has 2 heteroatoms. The number of likely N-dealkylation sites (tertiary alicyclic amines) is 1. The summed E-state index contributed by atoms with van der Waals surface area (Å²) >= 11 is 0. The molecule has 0 N–H and O–H groups in total. The third kappa shape index (κ3) is 3.44. The Morgan fingerprint density at radius 1 is 0.857 bits per heavy atom. The van der Waals surface area contributed by atoms with Gasteiger partial charge in [-0.3, -0.25) is 4.79 Å². The molecule has 0 saturated carbocycles. The summed E-state index contributed by atoms with van der Waals surface area (Å²) in [5, 5.41) is 2.43. The molecule has 21 heavy (non-hydrogen) atoms. The van der Waals surface area contributed by atoms with Crippen LogP contribution in [0.15, 0.2) is 42.5 Å². The number of carbonyl (C=O) groups is 1. The van der Waals surface area contributed by atoms with Gasteiger partial charge in [0.25, 0.3) is 0 Å². The van der Waals surface area contributed by atoms with Gasteiger partial charge in [0.15, 0.2) is 0 Å². The van der Waals surface area contributed by atoms with E-state index < -0.39 is 0 Å². The molecule has 0 atom stereocenters. The lowest BCUT2D eigenvalue weighted by atomic mass is 10.0. The summed E-state index contributed by atoms with van der Waals surface area (Å²) in [6.45, 7) is 1.87. The molecule has 1 aliphatic heterocycles. The lowest BCUT2D eigenvalue weighted by Gasteiger charge is -2.25. The average Bonchev–Trinajstić information content (AvgIpc) is 2.47. The molecule has 1 saturated heterocycles. The highest BCUT2D eigenvalue weighted by atomic mass is 16.2. The first kappa shape index (κ1) is 14.1. The van der Waals surface area contributed by atoms with Crippen LogP contribution in [0.4, 0.5) is 0 Å². The third-order valence-electron chi connectivity index (χ3n) is 4.43. The average molecular weight is 281 g/mol. The molecule has 0 radical (unpaired) electrons. The molecule has 2 aromatic carbocycles. The number of rotatable bonds is 2. The van der Waals surface area contributed by atoms with Gasteiger partial charge in [0.2, 0.25) is 5.91 Å². The lowest BCUT2D eigenvalue weighted by Crippen LogP contribution is -2.34. The zero-order valence-electron chi connectivity index (χ0n) is 12.6. The zero-order chi connectivity index (χ0) is 14.5. The normalized spacial score (nSPS) is 16.5. The minimum absolute atomic E-state index is 0.285. The number of carbonyl (C=O) groups excluding carboxylic acids is 1. The van der Waals surface area contributed by atoms with Crippen molar-refractivity contribution in [1.29, 1.82) is 0 Å². The van der Waals surface area contributed by atoms with Crippen LogP contribution in [0.25, 0.3) is 10.8 Å². The van der Waals surface area contributed by atoms with Crippen LogP contribution in [0, 0.1) is 0 Å². The minimum Gasteiger partial charge on any atom is -0.342 e. The number of hydrogen-bond donors (Lipinski definition) is 0. The Bertz CT molecular complexity index is 606. The van der Waals surface area contributed by atoms with Crippen molar-refractivity contribution < 1.29 is 4.79 Å². The summed E-state index contributed by atoms with van der Waals surface area (Å²) in [4.78, 5) is 14.7. The maximum atomic E-state index is 12.6. The summed E-state index contributed by atoms with van der Waals surface area (Å²) < 4.78 is 0. The molecule has 1 fully saturated rings. The first-order valence-electron chi connectivity index (χ1n) is 8.09. The van der Waals surface area contributed by atoms with Gasteiger partial charge < -0.3 is 4.90 Å². The van der Waals surface area contributed by atoms with Gasteiger partial charge >= 0.3 is 0 Å². The van der Waals surface area contributed by atoms with Gasteiger partial charge in [0, 0.05) is 13.1 Å². The van der Waals surface area contributed by atoms with Crippen LogP contribution in [0.5, 0.6) is 0 Å². The van der Waals surface area contributed by atoms with Gasteiger partial charge in [-0.1, -0.05) is 61.7 Å². The highest BCUT2D eigenvalue weighted by molar-refractivity contribution is 5.90. The predicted molar refractivity (Wildman–Crippen MR) is 87.3 cm³/mol. The van der Waals surface area contributed by atoms with Crippen LogP contribution in [0.1, 0.15) is 37.7 Å². The van der Waals surface area contributed by atoms with Crippen LogP contribution in [-0.2, 0) is 11.2 Å². The topological polar surface area (TPSA) is 20.3 Å². The van der Waals surface area contributed by atoms with E-state index in [0.29, 0.717) is 6.42 Å². The maximum Gasteiger partial charge on any atom is 0.227 e. The van der Waals surface area contributed by atoms with Crippen molar-refractivity contribution in [3.8, 4) is 0 Å². The first-order chi connectivity index (χ1) is 10.3. The number of nitrogens with zero attached hydrogens (tertiary/aromatic N) is 1. The Hall–Kier alpha value is -1.83. The molecule has 1 heterocycles. The van der Waals surface area contributed by atoms with Crippen molar-refractivity contribution in [2.75, 3.05) is 13.1 Å². The maximum absolute atomic E-state index is 12.6. The van der Waals surface area contributed by atoms with Crippen molar-refractivity contribution in [3.05, 3.63) is 48.0 Å². The molecule has 0 aromatic heterocycles. The molecular formula is C19H23NO. The van der Waals surface area contributed by atoms with Gasteiger partial charge in [-0.2, -0.15) is 0 Å². The summed E-state index contributed by atoms with van der Waals surface area (Å²) in [6, 6.07) is 14.6. The fraction of sp³-hybridized carbons (Fsp3) is 0.421. The first-order valence-corrected chi connectivity index (χ1v) is 8.09. The Morgan fingerprint density at radius 3 is 2.33 bits per heavy atom. The van der Waals surface area contributed by atoms with Crippen LogP contribution < -0.4 is 0 Å². The summed E-state index contributed by atoms with van der Waals surface area (Å²) in [6.07, 6.45) is 6.69. The van der Waals surface area contributed by atoms with E-state index >= 15 is 0 Å². The smallest absolute Gasteiger partial charge is 0.227 e. The molecule has 2 nitrogen and oxygen atoms in total. The monoisotopic (exact) mass is 281 g/mol. The van der Waals surface area contributed by atoms with E-state index in [0.717, 1.165) is 31.5 Å². The number of amides is 1. The van der Waals surface area contributed by atoms with Gasteiger partial charge in [-0.15, -0.1) is 0 Å². The highest BCUT2D eigenvalue weighted by Crippen LogP contribution is 2.20. The molecule has 0 bridgehead atoms. The van der Waals surface area contributed by atoms with Crippen molar-refractivity contribution in [2.24, 2.45) is 0 Å². The van der Waals surface area contributed by atoms with E-state index in [9.17, 15) is 4.79 Å². The number of benzene rings is 2. The molecule has 0 unspecified atom stereocenters. The van der Waals surface area contributed by atoms with E-state index in [4.69, 9.17) is 0 Å². The second-order valence-electron chi connectivity index (χ2n) is 5.96. The van der Waals surface area contributed by atoms with Gasteiger partial charge in [-0.05, 0) is 29.2 Å². The summed E-state index contributed by atoms with van der Waals surface area (Å²) in [5.41, 5.74) is 1.15. The second kappa shape index (κ2) is 6.75. The van der Waals surface area contributed by atoms with Gasteiger partial charge in [0.1, 0.15) is 0 Å². The predicted octanol–water partition coefficient (Wildman–Crippen LogP) is 4.18.